The number of hydrogen-bond donors (Lipinski definition) is 1. The van der Waals surface area contributed by atoms with Crippen molar-refractivity contribution in [1.82, 2.24) is 20.0 Å². The van der Waals surface area contributed by atoms with Crippen molar-refractivity contribution in [3.63, 3.8) is 0 Å². The Balaban J connectivity index is 1.53. The number of benzene rings is 2. The normalized spacial score (nSPS) is 10.5. The molecule has 2 amide bonds. The molecule has 6 heteroatoms. The third kappa shape index (κ3) is 4.70. The molecule has 25 heavy (non-hydrogen) atoms. The monoisotopic (exact) mass is 398 g/mol. The van der Waals surface area contributed by atoms with E-state index in [-0.39, 0.29) is 6.03 Å². The van der Waals surface area contributed by atoms with Gasteiger partial charge in [-0.25, -0.2) is 9.48 Å². The minimum absolute atomic E-state index is 0.115. The molecule has 0 spiro atoms. The second kappa shape index (κ2) is 7.98. The van der Waals surface area contributed by atoms with Gasteiger partial charge >= 0.3 is 6.03 Å². The molecule has 0 atom stereocenters. The minimum atomic E-state index is -0.115. The summed E-state index contributed by atoms with van der Waals surface area (Å²) in [5.41, 5.74) is 3.03. The number of rotatable bonds is 5. The zero-order valence-electron chi connectivity index (χ0n) is 13.9. The van der Waals surface area contributed by atoms with Crippen LogP contribution in [0, 0.1) is 0 Å². The minimum Gasteiger partial charge on any atom is -0.334 e. The Kier molecular flexibility index (Phi) is 5.50. The molecule has 0 unspecified atom stereocenters. The van der Waals surface area contributed by atoms with E-state index in [0.29, 0.717) is 13.1 Å². The highest BCUT2D eigenvalue weighted by atomic mass is 79.9. The molecule has 5 nitrogen and oxygen atoms in total. The topological polar surface area (TPSA) is 50.2 Å². The Morgan fingerprint density at radius 2 is 1.84 bits per heavy atom. The van der Waals surface area contributed by atoms with E-state index in [1.807, 2.05) is 60.8 Å². The number of amides is 2. The third-order valence-corrected chi connectivity index (χ3v) is 4.31. The van der Waals surface area contributed by atoms with Crippen LogP contribution in [0.1, 0.15) is 11.1 Å². The van der Waals surface area contributed by atoms with Crippen LogP contribution >= 0.6 is 15.9 Å². The van der Waals surface area contributed by atoms with Crippen molar-refractivity contribution in [2.45, 2.75) is 13.1 Å². The molecule has 1 N–H and O–H groups in total. The molecule has 0 bridgehead atoms. The Morgan fingerprint density at radius 1 is 1.12 bits per heavy atom. The molecule has 0 aliphatic carbocycles. The smallest absolute Gasteiger partial charge is 0.317 e. The highest BCUT2D eigenvalue weighted by Gasteiger charge is 2.09. The van der Waals surface area contributed by atoms with Gasteiger partial charge in [0.05, 0.1) is 11.9 Å². The molecule has 1 aromatic heterocycles. The Hall–Kier alpha value is -2.60. The number of aromatic nitrogens is 2. The van der Waals surface area contributed by atoms with Gasteiger partial charge in [0.2, 0.25) is 0 Å². The predicted octanol–water partition coefficient (Wildman–Crippen LogP) is 3.98. The lowest BCUT2D eigenvalue weighted by molar-refractivity contribution is 0.206. The van der Waals surface area contributed by atoms with Gasteiger partial charge in [-0.15, -0.1) is 0 Å². The average molecular weight is 399 g/mol. The predicted molar refractivity (Wildman–Crippen MR) is 101 cm³/mol. The molecule has 3 aromatic rings. The van der Waals surface area contributed by atoms with Crippen LogP contribution in [0.2, 0.25) is 0 Å². The molecular weight excluding hydrogens is 380 g/mol. The van der Waals surface area contributed by atoms with E-state index >= 15 is 0 Å². The summed E-state index contributed by atoms with van der Waals surface area (Å²) in [6, 6.07) is 17.7. The maximum absolute atomic E-state index is 12.2. The summed E-state index contributed by atoms with van der Waals surface area (Å²) in [4.78, 5) is 13.9. The van der Waals surface area contributed by atoms with Gasteiger partial charge in [0, 0.05) is 36.4 Å². The van der Waals surface area contributed by atoms with Crippen molar-refractivity contribution in [3.8, 4) is 5.69 Å². The zero-order chi connectivity index (χ0) is 17.6. The van der Waals surface area contributed by atoms with Gasteiger partial charge in [0.25, 0.3) is 0 Å². The second-order valence-corrected chi connectivity index (χ2v) is 6.69. The SMILES string of the molecule is CN(Cc1ccc(Br)cc1)C(=O)NCc1cnn(-c2ccccc2)c1. The zero-order valence-corrected chi connectivity index (χ0v) is 15.5. The van der Waals surface area contributed by atoms with E-state index in [1.54, 1.807) is 22.8 Å². The lowest BCUT2D eigenvalue weighted by Gasteiger charge is -2.17. The number of nitrogens with one attached hydrogen (secondary N) is 1. The number of halogens is 1. The molecule has 3 rings (SSSR count). The van der Waals surface area contributed by atoms with Crippen LogP contribution in [-0.4, -0.2) is 27.8 Å². The van der Waals surface area contributed by atoms with Gasteiger partial charge in [-0.05, 0) is 29.8 Å². The van der Waals surface area contributed by atoms with Gasteiger partial charge < -0.3 is 10.2 Å². The third-order valence-electron chi connectivity index (χ3n) is 3.78. The summed E-state index contributed by atoms with van der Waals surface area (Å²) in [5.74, 6) is 0. The van der Waals surface area contributed by atoms with Crippen LogP contribution < -0.4 is 5.32 Å². The largest absolute Gasteiger partial charge is 0.334 e. The second-order valence-electron chi connectivity index (χ2n) is 5.77. The molecule has 1 heterocycles. The van der Waals surface area contributed by atoms with Crippen LogP contribution in [0.3, 0.4) is 0 Å². The van der Waals surface area contributed by atoms with Crippen molar-refractivity contribution in [1.29, 1.82) is 0 Å². The van der Waals surface area contributed by atoms with Gasteiger partial charge in [0.15, 0.2) is 0 Å². The number of carbonyl (C=O) groups excluding carboxylic acids is 1. The van der Waals surface area contributed by atoms with E-state index in [9.17, 15) is 4.79 Å². The Bertz CT molecular complexity index is 830. The van der Waals surface area contributed by atoms with Gasteiger partial charge in [-0.2, -0.15) is 5.10 Å². The highest BCUT2D eigenvalue weighted by molar-refractivity contribution is 9.10. The fourth-order valence-corrected chi connectivity index (χ4v) is 2.69. The summed E-state index contributed by atoms with van der Waals surface area (Å²) < 4.78 is 2.83. The van der Waals surface area contributed by atoms with E-state index < -0.39 is 0 Å². The molecule has 128 valence electrons. The number of para-hydroxylation sites is 1. The van der Waals surface area contributed by atoms with E-state index in [1.165, 1.54) is 0 Å². The lowest BCUT2D eigenvalue weighted by atomic mass is 10.2. The summed E-state index contributed by atoms with van der Waals surface area (Å²) in [6.45, 7) is 0.999. The summed E-state index contributed by atoms with van der Waals surface area (Å²) in [5, 5.41) is 7.25. The average Bonchev–Trinajstić information content (AvgIpc) is 3.11. The van der Waals surface area contributed by atoms with Crippen molar-refractivity contribution in [2.24, 2.45) is 0 Å². The van der Waals surface area contributed by atoms with Gasteiger partial charge in [-0.1, -0.05) is 46.3 Å². The standard InChI is InChI=1S/C19H19BrN4O/c1-23(13-15-7-9-17(20)10-8-15)19(25)21-11-16-12-22-24(14-16)18-5-3-2-4-6-18/h2-10,12,14H,11,13H2,1H3,(H,21,25). The van der Waals surface area contributed by atoms with Crippen molar-refractivity contribution in [2.75, 3.05) is 7.05 Å². The fraction of sp³-hybridized carbons (Fsp3) is 0.158. The highest BCUT2D eigenvalue weighted by Crippen LogP contribution is 2.12. The Morgan fingerprint density at radius 3 is 2.56 bits per heavy atom. The molecule has 0 saturated carbocycles. The first-order valence-corrected chi connectivity index (χ1v) is 8.73. The van der Waals surface area contributed by atoms with Crippen molar-refractivity contribution < 1.29 is 4.79 Å². The molecule has 2 aromatic carbocycles. The van der Waals surface area contributed by atoms with Crippen LogP contribution in [0.4, 0.5) is 4.79 Å². The molecule has 0 aliphatic rings. The molecular formula is C19H19BrN4O. The first-order valence-electron chi connectivity index (χ1n) is 7.94. The molecule has 0 radical (unpaired) electrons. The summed E-state index contributed by atoms with van der Waals surface area (Å²) in [6.07, 6.45) is 3.69. The van der Waals surface area contributed by atoms with Gasteiger partial charge in [0.1, 0.15) is 0 Å². The van der Waals surface area contributed by atoms with E-state index in [4.69, 9.17) is 0 Å². The lowest BCUT2D eigenvalue weighted by Crippen LogP contribution is -2.36. The summed E-state index contributed by atoms with van der Waals surface area (Å²) in [7, 11) is 1.78. The van der Waals surface area contributed by atoms with Crippen LogP contribution in [0.15, 0.2) is 71.5 Å². The maximum Gasteiger partial charge on any atom is 0.317 e. The van der Waals surface area contributed by atoms with Crippen molar-refractivity contribution >= 4 is 22.0 Å². The first-order chi connectivity index (χ1) is 12.1. The number of nitrogens with zero attached hydrogens (tertiary/aromatic N) is 3. The van der Waals surface area contributed by atoms with Crippen LogP contribution in [0.25, 0.3) is 5.69 Å². The molecule has 0 aliphatic heterocycles. The van der Waals surface area contributed by atoms with E-state index in [0.717, 1.165) is 21.3 Å². The maximum atomic E-state index is 12.2. The van der Waals surface area contributed by atoms with Crippen LogP contribution in [0.5, 0.6) is 0 Å². The van der Waals surface area contributed by atoms with Gasteiger partial charge in [-0.3, -0.25) is 0 Å². The fourth-order valence-electron chi connectivity index (χ4n) is 2.42. The molecule has 0 saturated heterocycles. The van der Waals surface area contributed by atoms with Crippen molar-refractivity contribution in [3.05, 3.63) is 82.6 Å². The number of carbonyl (C=O) groups is 1. The number of hydrogen-bond acceptors (Lipinski definition) is 2. The quantitative estimate of drug-likeness (QED) is 0.706. The van der Waals surface area contributed by atoms with Crippen LogP contribution in [-0.2, 0) is 13.1 Å². The first kappa shape index (κ1) is 17.2. The Labute approximate surface area is 155 Å². The molecule has 0 fully saturated rings. The number of urea groups is 1. The summed E-state index contributed by atoms with van der Waals surface area (Å²) >= 11 is 3.41. The van der Waals surface area contributed by atoms with E-state index in [2.05, 4.69) is 26.3 Å².